The van der Waals surface area contributed by atoms with Crippen LogP contribution in [0.15, 0.2) is 0 Å². The summed E-state index contributed by atoms with van der Waals surface area (Å²) in [5.74, 6) is -0.110. The summed E-state index contributed by atoms with van der Waals surface area (Å²) in [4.78, 5) is 0. The van der Waals surface area contributed by atoms with Gasteiger partial charge in [0, 0.05) is 10.2 Å². The Kier molecular flexibility index (Phi) is 4.11. The van der Waals surface area contributed by atoms with Crippen LogP contribution in [-0.2, 0) is 0 Å². The minimum atomic E-state index is -0.110. The molecule has 62 valence electrons. The molecule has 0 heterocycles. The molecule has 0 aliphatic carbocycles. The molecule has 0 saturated carbocycles. The highest BCUT2D eigenvalue weighted by Gasteiger charge is 2.18. The molecular formula is C6H19N3Si. The van der Waals surface area contributed by atoms with E-state index in [0.29, 0.717) is 5.67 Å². The topological polar surface area (TPSA) is 36.1 Å². The predicted molar refractivity (Wildman–Crippen MR) is 49.1 cm³/mol. The largest absolute Gasteiger partial charge is 0.290 e. The second-order valence-corrected chi connectivity index (χ2v) is 4.66. The van der Waals surface area contributed by atoms with Crippen molar-refractivity contribution in [3.63, 3.8) is 0 Å². The van der Waals surface area contributed by atoms with Crippen molar-refractivity contribution in [2.45, 2.75) is 25.3 Å². The Hall–Kier alpha value is 0.0969. The van der Waals surface area contributed by atoms with E-state index in [2.05, 4.69) is 29.8 Å². The lowest BCUT2D eigenvalue weighted by atomic mass is 10.4. The first-order valence-corrected chi connectivity index (χ1v) is 4.85. The molecular weight excluding hydrogens is 142 g/mol. The molecule has 0 rings (SSSR count). The molecule has 0 aromatic carbocycles. The summed E-state index contributed by atoms with van der Waals surface area (Å²) in [7, 11) is 5.04. The molecule has 0 fully saturated rings. The molecule has 0 aliphatic rings. The monoisotopic (exact) mass is 161 g/mol. The Morgan fingerprint density at radius 2 is 1.70 bits per heavy atom. The van der Waals surface area contributed by atoms with Crippen LogP contribution in [0.2, 0.25) is 0 Å². The molecule has 0 aliphatic heterocycles. The predicted octanol–water partition coefficient (Wildman–Crippen LogP) is -1.60. The molecule has 4 heteroatoms. The van der Waals surface area contributed by atoms with Gasteiger partial charge in [0.1, 0.15) is 5.79 Å². The molecule has 0 aromatic heterocycles. The molecule has 3 N–H and O–H groups in total. The van der Waals surface area contributed by atoms with Crippen molar-refractivity contribution in [3.8, 4) is 0 Å². The smallest absolute Gasteiger partial charge is 0.119 e. The Labute approximate surface area is 66.4 Å². The fraction of sp³-hybridized carbons (Fsp3) is 1.00. The van der Waals surface area contributed by atoms with Gasteiger partial charge in [-0.15, -0.1) is 0 Å². The molecule has 0 amide bonds. The zero-order chi connectivity index (χ0) is 8.20. The summed E-state index contributed by atoms with van der Waals surface area (Å²) in [6.45, 7) is 4.26. The van der Waals surface area contributed by atoms with Gasteiger partial charge in [0.2, 0.25) is 0 Å². The zero-order valence-corrected chi connectivity index (χ0v) is 9.58. The van der Waals surface area contributed by atoms with Crippen LogP contribution in [0.3, 0.4) is 0 Å². The highest BCUT2D eigenvalue weighted by Crippen LogP contribution is 1.90. The van der Waals surface area contributed by atoms with E-state index in [-0.39, 0.29) is 5.79 Å². The van der Waals surface area contributed by atoms with Crippen LogP contribution in [0.5, 0.6) is 0 Å². The van der Waals surface area contributed by atoms with E-state index in [1.165, 1.54) is 10.2 Å². The van der Waals surface area contributed by atoms with E-state index in [9.17, 15) is 0 Å². The maximum absolute atomic E-state index is 3.40. The van der Waals surface area contributed by atoms with Crippen LogP contribution >= 0.6 is 0 Å². The Morgan fingerprint density at radius 3 is 1.80 bits per heavy atom. The first kappa shape index (κ1) is 10.1. The number of hydrogen-bond donors (Lipinski definition) is 3. The summed E-state index contributed by atoms with van der Waals surface area (Å²) >= 11 is 0. The van der Waals surface area contributed by atoms with E-state index in [4.69, 9.17) is 0 Å². The van der Waals surface area contributed by atoms with Gasteiger partial charge in [-0.25, -0.2) is 0 Å². The van der Waals surface area contributed by atoms with Gasteiger partial charge in [0.25, 0.3) is 0 Å². The van der Waals surface area contributed by atoms with E-state index >= 15 is 0 Å². The maximum atomic E-state index is 3.40. The molecule has 3 nitrogen and oxygen atoms in total. The Balaban J connectivity index is 3.80. The van der Waals surface area contributed by atoms with Gasteiger partial charge in [-0.05, 0) is 26.7 Å². The lowest BCUT2D eigenvalue weighted by Gasteiger charge is -2.32. The first-order valence-electron chi connectivity index (χ1n) is 3.69. The normalized spacial score (nSPS) is 15.6. The van der Waals surface area contributed by atoms with Gasteiger partial charge >= 0.3 is 0 Å². The van der Waals surface area contributed by atoms with Gasteiger partial charge in [0.15, 0.2) is 0 Å². The van der Waals surface area contributed by atoms with Gasteiger partial charge < -0.3 is 0 Å². The Bertz CT molecular complexity index is 91.0. The lowest BCUT2D eigenvalue weighted by molar-refractivity contribution is 0.252. The van der Waals surface area contributed by atoms with Crippen LogP contribution in [-0.4, -0.2) is 35.8 Å². The summed E-state index contributed by atoms with van der Waals surface area (Å²) in [5.41, 5.74) is 0.616. The van der Waals surface area contributed by atoms with Gasteiger partial charge in [-0.2, -0.15) is 0 Å². The zero-order valence-electron chi connectivity index (χ0n) is 7.58. The molecule has 1 unspecified atom stereocenters. The highest BCUT2D eigenvalue weighted by atomic mass is 28.1. The fourth-order valence-corrected chi connectivity index (χ4v) is 1.42. The molecule has 0 spiro atoms. The molecule has 0 saturated heterocycles. The molecule has 0 aromatic rings. The van der Waals surface area contributed by atoms with Crippen molar-refractivity contribution in [1.29, 1.82) is 0 Å². The van der Waals surface area contributed by atoms with E-state index in [1.54, 1.807) is 0 Å². The minimum absolute atomic E-state index is 0.110. The quantitative estimate of drug-likeness (QED) is 0.343. The van der Waals surface area contributed by atoms with E-state index in [1.807, 2.05) is 14.1 Å². The summed E-state index contributed by atoms with van der Waals surface area (Å²) < 4.78 is 0. The highest BCUT2D eigenvalue weighted by molar-refractivity contribution is 6.11. The van der Waals surface area contributed by atoms with Crippen molar-refractivity contribution in [1.82, 2.24) is 16.0 Å². The summed E-state index contributed by atoms with van der Waals surface area (Å²) in [6.07, 6.45) is 0. The van der Waals surface area contributed by atoms with Crippen molar-refractivity contribution < 1.29 is 0 Å². The Morgan fingerprint density at radius 1 is 1.30 bits per heavy atom. The van der Waals surface area contributed by atoms with E-state index in [0.717, 1.165) is 0 Å². The van der Waals surface area contributed by atoms with Crippen LogP contribution in [0.1, 0.15) is 13.8 Å². The third-order valence-electron chi connectivity index (χ3n) is 1.58. The average molecular weight is 161 g/mol. The van der Waals surface area contributed by atoms with Crippen molar-refractivity contribution in [3.05, 3.63) is 0 Å². The van der Waals surface area contributed by atoms with Crippen LogP contribution in [0.4, 0.5) is 0 Å². The second kappa shape index (κ2) is 4.08. The second-order valence-electron chi connectivity index (χ2n) is 2.92. The van der Waals surface area contributed by atoms with Crippen LogP contribution < -0.4 is 16.0 Å². The number of nitrogens with one attached hydrogen (secondary N) is 3. The average Bonchev–Trinajstić information content (AvgIpc) is 1.87. The molecule has 1 atom stereocenters. The first-order chi connectivity index (χ1) is 4.54. The number of hydrogen-bond acceptors (Lipinski definition) is 3. The third kappa shape index (κ3) is 3.31. The SMILES string of the molecule is CNC(C)(NC)NC(C)[SiH3]. The van der Waals surface area contributed by atoms with Crippen LogP contribution in [0, 0.1) is 0 Å². The number of rotatable bonds is 4. The van der Waals surface area contributed by atoms with E-state index < -0.39 is 0 Å². The van der Waals surface area contributed by atoms with Gasteiger partial charge in [0.05, 0.1) is 0 Å². The van der Waals surface area contributed by atoms with Crippen LogP contribution in [0.25, 0.3) is 0 Å². The van der Waals surface area contributed by atoms with Crippen molar-refractivity contribution in [2.24, 2.45) is 0 Å². The van der Waals surface area contributed by atoms with Crippen molar-refractivity contribution >= 4 is 10.2 Å². The third-order valence-corrected chi connectivity index (χ3v) is 1.87. The summed E-state index contributed by atoms with van der Waals surface area (Å²) in [5, 5.41) is 9.71. The molecule has 0 bridgehead atoms. The summed E-state index contributed by atoms with van der Waals surface area (Å²) in [6, 6.07) is 0. The standard InChI is InChI=1S/C6H19N3Si/c1-5(10)9-6(2,7-3)8-4/h5,7-9H,1-4,10H3. The van der Waals surface area contributed by atoms with Gasteiger partial charge in [-0.1, -0.05) is 6.92 Å². The fourth-order valence-electron chi connectivity index (χ4n) is 0.847. The van der Waals surface area contributed by atoms with Gasteiger partial charge in [-0.3, -0.25) is 16.0 Å². The molecule has 0 radical (unpaired) electrons. The van der Waals surface area contributed by atoms with Crippen molar-refractivity contribution in [2.75, 3.05) is 14.1 Å². The minimum Gasteiger partial charge on any atom is -0.290 e. The lowest BCUT2D eigenvalue weighted by Crippen LogP contribution is -2.64. The maximum Gasteiger partial charge on any atom is 0.119 e. The molecule has 10 heavy (non-hydrogen) atoms.